The van der Waals surface area contributed by atoms with E-state index in [4.69, 9.17) is 18.9 Å². The third kappa shape index (κ3) is 5.73. The maximum Gasteiger partial charge on any atom is 0.407 e. The molecule has 1 heterocycles. The minimum Gasteiger partial charge on any atom is -0.495 e. The first-order valence-corrected chi connectivity index (χ1v) is 11.2. The number of methoxy groups -OCH3 is 1. The number of benzene rings is 3. The highest BCUT2D eigenvalue weighted by molar-refractivity contribution is 5.79. The van der Waals surface area contributed by atoms with Crippen LogP contribution in [0.4, 0.5) is 16.2 Å². The molecule has 7 nitrogen and oxygen atoms in total. The van der Waals surface area contributed by atoms with Gasteiger partial charge in [0.2, 0.25) is 0 Å². The fourth-order valence-electron chi connectivity index (χ4n) is 3.61. The van der Waals surface area contributed by atoms with Crippen molar-refractivity contribution in [3.8, 4) is 28.4 Å². The Balaban J connectivity index is 1.45. The van der Waals surface area contributed by atoms with Crippen LogP contribution < -0.4 is 24.8 Å². The molecule has 178 valence electrons. The molecule has 0 atom stereocenters. The molecular formula is C27H30N2O5. The zero-order chi connectivity index (χ0) is 24.1. The van der Waals surface area contributed by atoms with Gasteiger partial charge in [-0.2, -0.15) is 0 Å². The summed E-state index contributed by atoms with van der Waals surface area (Å²) in [5.41, 5.74) is 4.13. The minimum absolute atomic E-state index is 0.389. The van der Waals surface area contributed by atoms with Gasteiger partial charge in [-0.3, -0.25) is 0 Å². The highest BCUT2D eigenvalue weighted by Crippen LogP contribution is 2.42. The van der Waals surface area contributed by atoms with Crippen molar-refractivity contribution in [2.45, 2.75) is 32.9 Å². The molecular weight excluding hydrogens is 432 g/mol. The topological polar surface area (TPSA) is 78.0 Å². The second-order valence-electron chi connectivity index (χ2n) is 8.92. The van der Waals surface area contributed by atoms with Gasteiger partial charge in [0.05, 0.1) is 12.8 Å². The van der Waals surface area contributed by atoms with Crippen LogP contribution in [-0.2, 0) is 11.3 Å². The molecule has 0 bridgehead atoms. The quantitative estimate of drug-likeness (QED) is 0.475. The average molecular weight is 463 g/mol. The molecule has 1 aliphatic rings. The summed E-state index contributed by atoms with van der Waals surface area (Å²) in [7, 11) is 1.65. The van der Waals surface area contributed by atoms with E-state index in [0.29, 0.717) is 25.5 Å². The molecule has 2 N–H and O–H groups in total. The molecule has 0 spiro atoms. The van der Waals surface area contributed by atoms with E-state index in [1.54, 1.807) is 7.11 Å². The standard InChI is InChI=1S/C27H30N2O5/c1-27(2,3)34-26(30)28-17-18-8-11-20(12-9-18)29-22-13-10-19(16-24(22)31-4)21-6-5-7-23-25(21)33-15-14-32-23/h5-13,16,29H,14-15,17H2,1-4H3,(H,28,30). The van der Waals surface area contributed by atoms with E-state index in [9.17, 15) is 4.79 Å². The summed E-state index contributed by atoms with van der Waals surface area (Å²) in [5, 5.41) is 6.16. The highest BCUT2D eigenvalue weighted by Gasteiger charge is 2.18. The van der Waals surface area contributed by atoms with E-state index in [-0.39, 0.29) is 0 Å². The maximum absolute atomic E-state index is 11.8. The Kier molecular flexibility index (Phi) is 6.82. The predicted molar refractivity (Wildman–Crippen MR) is 132 cm³/mol. The first-order chi connectivity index (χ1) is 16.3. The predicted octanol–water partition coefficient (Wildman–Crippen LogP) is 5.90. The lowest BCUT2D eigenvalue weighted by molar-refractivity contribution is 0.0523. The smallest absolute Gasteiger partial charge is 0.407 e. The van der Waals surface area contributed by atoms with Gasteiger partial charge in [0, 0.05) is 17.8 Å². The van der Waals surface area contributed by atoms with Gasteiger partial charge in [0.25, 0.3) is 0 Å². The van der Waals surface area contributed by atoms with Crippen molar-refractivity contribution >= 4 is 17.5 Å². The number of fused-ring (bicyclic) bond motifs is 1. The second-order valence-corrected chi connectivity index (χ2v) is 8.92. The van der Waals surface area contributed by atoms with E-state index >= 15 is 0 Å². The summed E-state index contributed by atoms with van der Waals surface area (Å²) in [6.07, 6.45) is -0.434. The molecule has 0 fully saturated rings. The fraction of sp³-hybridized carbons (Fsp3) is 0.296. The number of rotatable bonds is 6. The zero-order valence-corrected chi connectivity index (χ0v) is 19.9. The number of hydrogen-bond donors (Lipinski definition) is 2. The zero-order valence-electron chi connectivity index (χ0n) is 19.9. The summed E-state index contributed by atoms with van der Waals surface area (Å²) < 4.78 is 22.5. The molecule has 0 aromatic heterocycles. The van der Waals surface area contributed by atoms with Gasteiger partial charge >= 0.3 is 6.09 Å². The summed E-state index contributed by atoms with van der Waals surface area (Å²) in [6.45, 7) is 6.99. The minimum atomic E-state index is -0.521. The first-order valence-electron chi connectivity index (χ1n) is 11.2. The van der Waals surface area contributed by atoms with Gasteiger partial charge in [-0.25, -0.2) is 4.79 Å². The van der Waals surface area contributed by atoms with Crippen LogP contribution in [0.5, 0.6) is 17.2 Å². The van der Waals surface area contributed by atoms with E-state index in [1.807, 2.05) is 81.4 Å². The summed E-state index contributed by atoms with van der Waals surface area (Å²) in [5.74, 6) is 2.22. The molecule has 1 amide bonds. The van der Waals surface area contributed by atoms with Gasteiger partial charge in [-0.15, -0.1) is 0 Å². The van der Waals surface area contributed by atoms with Gasteiger partial charge in [0.15, 0.2) is 11.5 Å². The Labute approximate surface area is 200 Å². The number of amides is 1. The van der Waals surface area contributed by atoms with Gasteiger partial charge in [-0.1, -0.05) is 30.3 Å². The number of nitrogens with one attached hydrogen (secondary N) is 2. The summed E-state index contributed by atoms with van der Waals surface area (Å²) >= 11 is 0. The molecule has 7 heteroatoms. The average Bonchev–Trinajstić information content (AvgIpc) is 2.82. The Bertz CT molecular complexity index is 1150. The number of anilines is 2. The lowest BCUT2D eigenvalue weighted by atomic mass is 10.0. The first kappa shape index (κ1) is 23.3. The van der Waals surface area contributed by atoms with Gasteiger partial charge in [-0.05, 0) is 62.2 Å². The number of hydrogen-bond acceptors (Lipinski definition) is 6. The van der Waals surface area contributed by atoms with Crippen molar-refractivity contribution in [2.75, 3.05) is 25.6 Å². The van der Waals surface area contributed by atoms with Crippen LogP contribution in [-0.4, -0.2) is 32.0 Å². The SMILES string of the molecule is COc1cc(-c2cccc3c2OCCO3)ccc1Nc1ccc(CNC(=O)OC(C)(C)C)cc1. The van der Waals surface area contributed by atoms with Crippen LogP contribution in [0.2, 0.25) is 0 Å². The van der Waals surface area contributed by atoms with Crippen LogP contribution in [0.15, 0.2) is 60.7 Å². The third-order valence-corrected chi connectivity index (χ3v) is 5.15. The van der Waals surface area contributed by atoms with Gasteiger partial charge in [0.1, 0.15) is 24.6 Å². The van der Waals surface area contributed by atoms with E-state index in [1.165, 1.54) is 0 Å². The van der Waals surface area contributed by atoms with Gasteiger partial charge < -0.3 is 29.6 Å². The molecule has 0 saturated heterocycles. The Morgan fingerprint density at radius 3 is 2.50 bits per heavy atom. The monoisotopic (exact) mass is 462 g/mol. The molecule has 3 aromatic carbocycles. The van der Waals surface area contributed by atoms with E-state index in [2.05, 4.69) is 10.6 Å². The largest absolute Gasteiger partial charge is 0.495 e. The summed E-state index contributed by atoms with van der Waals surface area (Å²) in [6, 6.07) is 19.7. The maximum atomic E-state index is 11.8. The Hall–Kier alpha value is -3.87. The number of carbonyl (C=O) groups is 1. The van der Waals surface area contributed by atoms with Crippen molar-refractivity contribution in [3.05, 3.63) is 66.2 Å². The molecule has 0 radical (unpaired) electrons. The van der Waals surface area contributed by atoms with Crippen molar-refractivity contribution in [1.82, 2.24) is 5.32 Å². The van der Waals surface area contributed by atoms with E-state index in [0.717, 1.165) is 39.6 Å². The van der Waals surface area contributed by atoms with Crippen molar-refractivity contribution in [1.29, 1.82) is 0 Å². The normalized spacial score (nSPS) is 12.6. The van der Waals surface area contributed by atoms with Crippen molar-refractivity contribution < 1.29 is 23.7 Å². The van der Waals surface area contributed by atoms with Crippen LogP contribution in [0.3, 0.4) is 0 Å². The molecule has 34 heavy (non-hydrogen) atoms. The highest BCUT2D eigenvalue weighted by atomic mass is 16.6. The van der Waals surface area contributed by atoms with Crippen LogP contribution in [0, 0.1) is 0 Å². The molecule has 0 unspecified atom stereocenters. The number of para-hydroxylation sites is 1. The lowest BCUT2D eigenvalue weighted by Crippen LogP contribution is -2.32. The molecule has 4 rings (SSSR count). The van der Waals surface area contributed by atoms with Crippen molar-refractivity contribution in [3.63, 3.8) is 0 Å². The Morgan fingerprint density at radius 1 is 1.00 bits per heavy atom. The number of carbonyl (C=O) groups excluding carboxylic acids is 1. The Morgan fingerprint density at radius 2 is 1.76 bits per heavy atom. The number of ether oxygens (including phenoxy) is 4. The summed E-state index contributed by atoms with van der Waals surface area (Å²) in [4.78, 5) is 11.8. The van der Waals surface area contributed by atoms with Crippen LogP contribution >= 0.6 is 0 Å². The second kappa shape index (κ2) is 9.95. The number of alkyl carbamates (subject to hydrolysis) is 1. The van der Waals surface area contributed by atoms with Crippen molar-refractivity contribution in [2.24, 2.45) is 0 Å². The van der Waals surface area contributed by atoms with Crippen LogP contribution in [0.25, 0.3) is 11.1 Å². The molecule has 3 aromatic rings. The molecule has 0 aliphatic carbocycles. The van der Waals surface area contributed by atoms with E-state index < -0.39 is 11.7 Å². The molecule has 1 aliphatic heterocycles. The molecule has 0 saturated carbocycles. The van der Waals surface area contributed by atoms with Crippen LogP contribution in [0.1, 0.15) is 26.3 Å². The third-order valence-electron chi connectivity index (χ3n) is 5.15. The lowest BCUT2D eigenvalue weighted by Gasteiger charge is -2.21. The fourth-order valence-corrected chi connectivity index (χ4v) is 3.61.